The zero-order chi connectivity index (χ0) is 9.97. The van der Waals surface area contributed by atoms with Crippen LogP contribution in [0.2, 0.25) is 0 Å². The molecule has 3 nitrogen and oxygen atoms in total. The van der Waals surface area contributed by atoms with Gasteiger partial charge in [0.2, 0.25) is 0 Å². The minimum absolute atomic E-state index is 0.499. The zero-order valence-electron chi connectivity index (χ0n) is 8.12. The van der Waals surface area contributed by atoms with Crippen LogP contribution < -0.4 is 5.73 Å². The molecule has 0 aliphatic heterocycles. The molecule has 1 heterocycles. The number of hydrogen-bond acceptors (Lipinski definition) is 2. The topological polar surface area (TPSA) is 54.7 Å². The molecule has 3 N–H and O–H groups in total. The Hall–Kier alpha value is -1.61. The highest BCUT2D eigenvalue weighted by Crippen LogP contribution is 2.21. The van der Waals surface area contributed by atoms with E-state index < -0.39 is 0 Å². The van der Waals surface area contributed by atoms with Gasteiger partial charge in [-0.05, 0) is 18.6 Å². The monoisotopic (exact) mass is 187 g/mol. The third kappa shape index (κ3) is 1.54. The van der Waals surface area contributed by atoms with E-state index in [9.17, 15) is 0 Å². The standard InChI is InChI=1S/C11H13N3/c1-8-4-2-3-5-10(8)11-6-9(7-12)13-14-11/h2-6H,7,12H2,1H3,(H,13,14). The number of benzene rings is 1. The Labute approximate surface area is 83.0 Å². The molecular formula is C11H13N3. The van der Waals surface area contributed by atoms with Gasteiger partial charge < -0.3 is 5.73 Å². The second-order valence-electron chi connectivity index (χ2n) is 3.30. The van der Waals surface area contributed by atoms with Crippen molar-refractivity contribution in [2.45, 2.75) is 13.5 Å². The van der Waals surface area contributed by atoms with E-state index in [0.29, 0.717) is 6.54 Å². The van der Waals surface area contributed by atoms with Crippen LogP contribution in [0.25, 0.3) is 11.3 Å². The minimum Gasteiger partial charge on any atom is -0.325 e. The molecule has 2 rings (SSSR count). The number of nitrogens with one attached hydrogen (secondary N) is 1. The lowest BCUT2D eigenvalue weighted by molar-refractivity contribution is 0.948. The first-order chi connectivity index (χ1) is 6.81. The summed E-state index contributed by atoms with van der Waals surface area (Å²) in [6.07, 6.45) is 0. The lowest BCUT2D eigenvalue weighted by atomic mass is 10.1. The van der Waals surface area contributed by atoms with Gasteiger partial charge in [0.1, 0.15) is 0 Å². The molecule has 2 aromatic rings. The molecule has 0 bridgehead atoms. The molecule has 0 spiro atoms. The molecule has 3 heteroatoms. The van der Waals surface area contributed by atoms with E-state index in [-0.39, 0.29) is 0 Å². The maximum Gasteiger partial charge on any atom is 0.0926 e. The van der Waals surface area contributed by atoms with Gasteiger partial charge in [-0.1, -0.05) is 24.3 Å². The van der Waals surface area contributed by atoms with Gasteiger partial charge in [-0.15, -0.1) is 0 Å². The van der Waals surface area contributed by atoms with E-state index in [2.05, 4.69) is 29.3 Å². The van der Waals surface area contributed by atoms with Gasteiger partial charge in [0, 0.05) is 17.8 Å². The Morgan fingerprint density at radius 1 is 1.36 bits per heavy atom. The highest BCUT2D eigenvalue weighted by atomic mass is 15.1. The summed E-state index contributed by atoms with van der Waals surface area (Å²) < 4.78 is 0. The summed E-state index contributed by atoms with van der Waals surface area (Å²) in [5.41, 5.74) is 9.81. The van der Waals surface area contributed by atoms with Crippen molar-refractivity contribution in [3.8, 4) is 11.3 Å². The molecular weight excluding hydrogens is 174 g/mol. The Morgan fingerprint density at radius 3 is 2.79 bits per heavy atom. The van der Waals surface area contributed by atoms with Gasteiger partial charge in [0.05, 0.1) is 5.69 Å². The number of rotatable bonds is 2. The molecule has 14 heavy (non-hydrogen) atoms. The summed E-state index contributed by atoms with van der Waals surface area (Å²) in [6, 6.07) is 10.2. The number of H-pyrrole nitrogens is 1. The van der Waals surface area contributed by atoms with Gasteiger partial charge in [0.15, 0.2) is 0 Å². The third-order valence-electron chi connectivity index (χ3n) is 2.27. The molecule has 0 aliphatic carbocycles. The van der Waals surface area contributed by atoms with Gasteiger partial charge >= 0.3 is 0 Å². The fourth-order valence-electron chi connectivity index (χ4n) is 1.46. The Bertz CT molecular complexity index is 432. The maximum absolute atomic E-state index is 5.51. The molecule has 0 unspecified atom stereocenters. The number of aromatic amines is 1. The Kier molecular flexibility index (Phi) is 2.33. The summed E-state index contributed by atoms with van der Waals surface area (Å²) in [5, 5.41) is 7.12. The van der Waals surface area contributed by atoms with E-state index in [1.807, 2.05) is 18.2 Å². The predicted octanol–water partition coefficient (Wildman–Crippen LogP) is 1.84. The second-order valence-corrected chi connectivity index (χ2v) is 3.30. The molecule has 0 atom stereocenters. The molecule has 1 aromatic heterocycles. The lowest BCUT2D eigenvalue weighted by Gasteiger charge is -1.99. The summed E-state index contributed by atoms with van der Waals surface area (Å²) >= 11 is 0. The Morgan fingerprint density at radius 2 is 2.14 bits per heavy atom. The van der Waals surface area contributed by atoms with Gasteiger partial charge in [0.25, 0.3) is 0 Å². The molecule has 1 aromatic carbocycles. The van der Waals surface area contributed by atoms with Gasteiger partial charge in [-0.3, -0.25) is 5.10 Å². The van der Waals surface area contributed by atoms with E-state index in [4.69, 9.17) is 5.73 Å². The number of aryl methyl sites for hydroxylation is 1. The predicted molar refractivity (Wildman–Crippen MR) is 56.7 cm³/mol. The summed E-state index contributed by atoms with van der Waals surface area (Å²) in [4.78, 5) is 0. The number of nitrogens with zero attached hydrogens (tertiary/aromatic N) is 1. The van der Waals surface area contributed by atoms with Crippen LogP contribution in [-0.2, 0) is 6.54 Å². The number of aromatic nitrogens is 2. The zero-order valence-corrected chi connectivity index (χ0v) is 8.12. The fourth-order valence-corrected chi connectivity index (χ4v) is 1.46. The second kappa shape index (κ2) is 3.64. The first-order valence-corrected chi connectivity index (χ1v) is 4.61. The summed E-state index contributed by atoms with van der Waals surface area (Å²) in [5.74, 6) is 0. The van der Waals surface area contributed by atoms with Crippen LogP contribution in [-0.4, -0.2) is 10.2 Å². The average Bonchev–Trinajstić information content (AvgIpc) is 2.67. The smallest absolute Gasteiger partial charge is 0.0926 e. The van der Waals surface area contributed by atoms with Crippen molar-refractivity contribution in [2.75, 3.05) is 0 Å². The van der Waals surface area contributed by atoms with E-state index in [0.717, 1.165) is 17.0 Å². The van der Waals surface area contributed by atoms with Crippen LogP contribution in [0.15, 0.2) is 30.3 Å². The summed E-state index contributed by atoms with van der Waals surface area (Å²) in [7, 11) is 0. The molecule has 0 saturated heterocycles. The molecule has 0 fully saturated rings. The molecule has 72 valence electrons. The SMILES string of the molecule is Cc1ccccc1-c1cc(CN)[nH]n1. The van der Waals surface area contributed by atoms with Crippen molar-refractivity contribution >= 4 is 0 Å². The van der Waals surface area contributed by atoms with Crippen molar-refractivity contribution in [1.82, 2.24) is 10.2 Å². The normalized spacial score (nSPS) is 10.4. The lowest BCUT2D eigenvalue weighted by Crippen LogP contribution is -1.95. The largest absolute Gasteiger partial charge is 0.325 e. The highest BCUT2D eigenvalue weighted by Gasteiger charge is 2.04. The maximum atomic E-state index is 5.51. The van der Waals surface area contributed by atoms with Crippen LogP contribution >= 0.6 is 0 Å². The quantitative estimate of drug-likeness (QED) is 0.753. The molecule has 0 aliphatic rings. The van der Waals surface area contributed by atoms with Crippen molar-refractivity contribution in [3.63, 3.8) is 0 Å². The average molecular weight is 187 g/mol. The van der Waals surface area contributed by atoms with Crippen molar-refractivity contribution < 1.29 is 0 Å². The van der Waals surface area contributed by atoms with Crippen LogP contribution in [0, 0.1) is 6.92 Å². The van der Waals surface area contributed by atoms with Crippen LogP contribution in [0.4, 0.5) is 0 Å². The van der Waals surface area contributed by atoms with Crippen LogP contribution in [0.5, 0.6) is 0 Å². The first-order valence-electron chi connectivity index (χ1n) is 4.61. The molecule has 0 amide bonds. The van der Waals surface area contributed by atoms with Crippen molar-refractivity contribution in [3.05, 3.63) is 41.6 Å². The van der Waals surface area contributed by atoms with E-state index in [1.54, 1.807) is 0 Å². The van der Waals surface area contributed by atoms with E-state index in [1.165, 1.54) is 5.56 Å². The van der Waals surface area contributed by atoms with Gasteiger partial charge in [-0.2, -0.15) is 5.10 Å². The van der Waals surface area contributed by atoms with Gasteiger partial charge in [-0.25, -0.2) is 0 Å². The highest BCUT2D eigenvalue weighted by molar-refractivity contribution is 5.63. The third-order valence-corrected chi connectivity index (χ3v) is 2.27. The number of hydrogen-bond donors (Lipinski definition) is 2. The molecule has 0 radical (unpaired) electrons. The van der Waals surface area contributed by atoms with Crippen LogP contribution in [0.3, 0.4) is 0 Å². The Balaban J connectivity index is 2.44. The van der Waals surface area contributed by atoms with E-state index >= 15 is 0 Å². The number of nitrogens with two attached hydrogens (primary N) is 1. The van der Waals surface area contributed by atoms with Crippen molar-refractivity contribution in [2.24, 2.45) is 5.73 Å². The van der Waals surface area contributed by atoms with Crippen molar-refractivity contribution in [1.29, 1.82) is 0 Å². The van der Waals surface area contributed by atoms with Crippen LogP contribution in [0.1, 0.15) is 11.3 Å². The summed E-state index contributed by atoms with van der Waals surface area (Å²) in [6.45, 7) is 2.57. The minimum atomic E-state index is 0.499. The molecule has 0 saturated carbocycles. The first kappa shape index (κ1) is 8.97. The fraction of sp³-hybridized carbons (Fsp3) is 0.182.